The van der Waals surface area contributed by atoms with Crippen LogP contribution in [0.3, 0.4) is 0 Å². The Balaban J connectivity index is 1.04. The zero-order chi connectivity index (χ0) is 43.8. The zero-order valence-corrected chi connectivity index (χ0v) is 37.0. The highest BCUT2D eigenvalue weighted by Gasteiger charge is 2.48. The van der Waals surface area contributed by atoms with Crippen LogP contribution in [0.4, 0.5) is 17.1 Å². The van der Waals surface area contributed by atoms with Crippen LogP contribution in [-0.2, 0) is 5.41 Å². The van der Waals surface area contributed by atoms with Crippen LogP contribution in [0.25, 0.3) is 82.1 Å². The third-order valence-corrected chi connectivity index (χ3v) is 15.8. The Morgan fingerprint density at radius 1 is 0.388 bits per heavy atom. The summed E-state index contributed by atoms with van der Waals surface area (Å²) in [5.41, 5.74) is 15.7. The molecule has 312 valence electrons. The molecule has 0 N–H and O–H groups in total. The van der Waals surface area contributed by atoms with Crippen LogP contribution in [0.5, 0.6) is 0 Å². The molecule has 15 rings (SSSR count). The van der Waals surface area contributed by atoms with Crippen molar-refractivity contribution in [3.8, 4) is 16.8 Å². The first-order chi connectivity index (χ1) is 33.2. The van der Waals surface area contributed by atoms with Crippen LogP contribution in [0.2, 0.25) is 0 Å². The highest BCUT2D eigenvalue weighted by molar-refractivity contribution is 7.99. The highest BCUT2D eigenvalue weighted by Crippen LogP contribution is 2.62. The van der Waals surface area contributed by atoms with E-state index in [1.54, 1.807) is 0 Å². The Morgan fingerprint density at radius 3 is 1.88 bits per heavy atom. The van der Waals surface area contributed by atoms with Gasteiger partial charge < -0.3 is 13.9 Å². The molecule has 0 radical (unpaired) electrons. The van der Waals surface area contributed by atoms with Gasteiger partial charge in [0.1, 0.15) is 11.2 Å². The van der Waals surface area contributed by atoms with Crippen molar-refractivity contribution in [3.05, 3.63) is 253 Å². The first kappa shape index (κ1) is 37.0. The van der Waals surface area contributed by atoms with Crippen LogP contribution >= 0.6 is 11.8 Å². The molecule has 2 aliphatic rings. The Bertz CT molecular complexity index is 4180. The molecular formula is C63H38N2OS. The van der Waals surface area contributed by atoms with Crippen molar-refractivity contribution in [2.45, 2.75) is 15.2 Å². The summed E-state index contributed by atoms with van der Waals surface area (Å²) in [4.78, 5) is 5.08. The quantitative estimate of drug-likeness (QED) is 0.176. The molecule has 0 fully saturated rings. The SMILES string of the molecule is c1ccc2c(c1)Sc1ccccc1C21c2cc(N(c3ccc4c5ccccc5n(-c5ccc6oc7ccccc7c6c5)c4c3)c3cccc4ccccc34)ccc2-c2cccc3cccc1c23. The van der Waals surface area contributed by atoms with Crippen molar-refractivity contribution in [1.82, 2.24) is 4.57 Å². The van der Waals surface area contributed by atoms with Gasteiger partial charge in [0.05, 0.1) is 22.1 Å². The summed E-state index contributed by atoms with van der Waals surface area (Å²) in [6, 6.07) is 85.5. The van der Waals surface area contributed by atoms with E-state index in [2.05, 4.69) is 234 Å². The van der Waals surface area contributed by atoms with Crippen molar-refractivity contribution in [2.24, 2.45) is 0 Å². The molecule has 2 aromatic heterocycles. The van der Waals surface area contributed by atoms with Crippen molar-refractivity contribution in [2.75, 3.05) is 4.90 Å². The molecule has 1 spiro atoms. The van der Waals surface area contributed by atoms with Crippen molar-refractivity contribution in [3.63, 3.8) is 0 Å². The molecule has 0 bridgehead atoms. The number of rotatable bonds is 4. The molecule has 0 saturated heterocycles. The molecular weight excluding hydrogens is 833 g/mol. The van der Waals surface area contributed by atoms with Gasteiger partial charge in [-0.15, -0.1) is 0 Å². The molecule has 4 heteroatoms. The summed E-state index contributed by atoms with van der Waals surface area (Å²) in [7, 11) is 0. The summed E-state index contributed by atoms with van der Waals surface area (Å²) in [5.74, 6) is 0. The smallest absolute Gasteiger partial charge is 0.135 e. The molecule has 3 heterocycles. The fourth-order valence-electron chi connectivity index (χ4n) is 11.9. The lowest BCUT2D eigenvalue weighted by molar-refractivity contribution is 0.669. The number of hydrogen-bond donors (Lipinski definition) is 0. The maximum Gasteiger partial charge on any atom is 0.135 e. The number of anilines is 3. The third kappa shape index (κ3) is 5.08. The lowest BCUT2D eigenvalue weighted by Crippen LogP contribution is -2.36. The van der Waals surface area contributed by atoms with Gasteiger partial charge in [-0.1, -0.05) is 169 Å². The van der Waals surface area contributed by atoms with E-state index in [1.807, 2.05) is 17.8 Å². The maximum atomic E-state index is 6.32. The minimum atomic E-state index is -0.575. The highest BCUT2D eigenvalue weighted by atomic mass is 32.2. The van der Waals surface area contributed by atoms with E-state index < -0.39 is 5.41 Å². The standard InChI is InChI=1S/C63H38N2OS/c1-2-18-44-39(14-1)15-13-26-55(44)64(43-31-34-47-46-19-3-7-25-56(46)65(57(47)38-43)41-32-35-59-50(36-41)48-20-4-8-27-58(48)66-59)42-30-33-45-49-21-11-16-40-17-12-24-53(62(40)49)63(54(45)37-42)51-22-5-9-28-60(51)67-61-29-10-6-23-52(61)63/h1-38H. The molecule has 0 saturated carbocycles. The van der Waals surface area contributed by atoms with Gasteiger partial charge in [0, 0.05) is 53.8 Å². The summed E-state index contributed by atoms with van der Waals surface area (Å²) < 4.78 is 8.76. The average Bonchev–Trinajstić information content (AvgIpc) is 3.93. The second-order valence-corrected chi connectivity index (χ2v) is 19.0. The van der Waals surface area contributed by atoms with Crippen LogP contribution in [0, 0.1) is 0 Å². The number of benzene rings is 11. The summed E-state index contributed by atoms with van der Waals surface area (Å²) in [5, 5.41) is 9.63. The summed E-state index contributed by atoms with van der Waals surface area (Å²) >= 11 is 1.89. The lowest BCUT2D eigenvalue weighted by atomic mass is 9.59. The molecule has 13 aromatic rings. The number of fused-ring (bicyclic) bond motifs is 15. The minimum absolute atomic E-state index is 0.575. The summed E-state index contributed by atoms with van der Waals surface area (Å²) in [6.07, 6.45) is 0. The van der Waals surface area contributed by atoms with E-state index >= 15 is 0 Å². The second kappa shape index (κ2) is 13.9. The third-order valence-electron chi connectivity index (χ3n) is 14.6. The molecule has 67 heavy (non-hydrogen) atoms. The minimum Gasteiger partial charge on any atom is -0.456 e. The van der Waals surface area contributed by atoms with E-state index in [0.717, 1.165) is 55.7 Å². The lowest BCUT2D eigenvalue weighted by Gasteiger charge is -2.46. The van der Waals surface area contributed by atoms with E-state index in [4.69, 9.17) is 4.42 Å². The summed E-state index contributed by atoms with van der Waals surface area (Å²) in [6.45, 7) is 0. The predicted octanol–water partition coefficient (Wildman–Crippen LogP) is 17.3. The number of para-hydroxylation sites is 2. The molecule has 1 aliphatic carbocycles. The van der Waals surface area contributed by atoms with E-state index in [1.165, 1.54) is 75.5 Å². The second-order valence-electron chi connectivity index (χ2n) is 17.9. The van der Waals surface area contributed by atoms with Gasteiger partial charge >= 0.3 is 0 Å². The van der Waals surface area contributed by atoms with Crippen LogP contribution in [-0.4, -0.2) is 4.57 Å². The normalized spacial score (nSPS) is 13.4. The Hall–Kier alpha value is -8.31. The largest absolute Gasteiger partial charge is 0.456 e. The molecule has 3 nitrogen and oxygen atoms in total. The first-order valence-corrected chi connectivity index (χ1v) is 23.8. The maximum absolute atomic E-state index is 6.32. The number of aromatic nitrogens is 1. The van der Waals surface area contributed by atoms with Gasteiger partial charge in [-0.05, 0) is 122 Å². The number of hydrogen-bond acceptors (Lipinski definition) is 3. The monoisotopic (exact) mass is 870 g/mol. The molecule has 11 aromatic carbocycles. The van der Waals surface area contributed by atoms with E-state index in [-0.39, 0.29) is 0 Å². The van der Waals surface area contributed by atoms with Gasteiger partial charge in [0.15, 0.2) is 0 Å². The van der Waals surface area contributed by atoms with Crippen LogP contribution < -0.4 is 4.90 Å². The van der Waals surface area contributed by atoms with Gasteiger partial charge in [-0.25, -0.2) is 0 Å². The van der Waals surface area contributed by atoms with Gasteiger partial charge in [0.25, 0.3) is 0 Å². The van der Waals surface area contributed by atoms with Gasteiger partial charge in [-0.2, -0.15) is 0 Å². The fourth-order valence-corrected chi connectivity index (χ4v) is 13.1. The predicted molar refractivity (Wildman–Crippen MR) is 279 cm³/mol. The fraction of sp³-hybridized carbons (Fsp3) is 0.0159. The molecule has 0 amide bonds. The Labute approximate surface area is 390 Å². The Morgan fingerprint density at radius 2 is 1.01 bits per heavy atom. The van der Waals surface area contributed by atoms with Crippen LogP contribution in [0.1, 0.15) is 22.3 Å². The molecule has 0 atom stereocenters. The van der Waals surface area contributed by atoms with Crippen molar-refractivity contribution < 1.29 is 4.42 Å². The van der Waals surface area contributed by atoms with Gasteiger partial charge in [-0.3, -0.25) is 0 Å². The zero-order valence-electron chi connectivity index (χ0n) is 36.2. The van der Waals surface area contributed by atoms with Crippen molar-refractivity contribution in [1.29, 1.82) is 0 Å². The van der Waals surface area contributed by atoms with Crippen LogP contribution in [0.15, 0.2) is 245 Å². The first-order valence-electron chi connectivity index (χ1n) is 23.0. The van der Waals surface area contributed by atoms with Crippen molar-refractivity contribution >= 4 is 94.1 Å². The van der Waals surface area contributed by atoms with E-state index in [9.17, 15) is 0 Å². The number of furan rings is 1. The average molecular weight is 871 g/mol. The number of nitrogens with zero attached hydrogens (tertiary/aromatic N) is 2. The molecule has 0 unspecified atom stereocenters. The topological polar surface area (TPSA) is 21.3 Å². The van der Waals surface area contributed by atoms with E-state index in [0.29, 0.717) is 0 Å². The Kier molecular flexibility index (Phi) is 7.64. The molecule has 1 aliphatic heterocycles. The van der Waals surface area contributed by atoms with Gasteiger partial charge in [0.2, 0.25) is 0 Å².